The number of rotatable bonds is 7. The Labute approximate surface area is 119 Å². The van der Waals surface area contributed by atoms with E-state index in [1.54, 1.807) is 11.4 Å². The fourth-order valence-electron chi connectivity index (χ4n) is 2.16. The highest BCUT2D eigenvalue weighted by atomic mass is 79.9. The van der Waals surface area contributed by atoms with Crippen LogP contribution < -0.4 is 4.72 Å². The first-order chi connectivity index (χ1) is 8.49. The summed E-state index contributed by atoms with van der Waals surface area (Å²) in [6, 6.07) is -0.170. The summed E-state index contributed by atoms with van der Waals surface area (Å²) < 4.78 is 33.8. The number of methoxy groups -OCH3 is 1. The van der Waals surface area contributed by atoms with Crippen molar-refractivity contribution in [3.63, 3.8) is 0 Å². The number of hydrogen-bond donors (Lipinski definition) is 1. The zero-order valence-electron chi connectivity index (χ0n) is 11.1. The number of alkyl halides is 1. The molecule has 1 saturated heterocycles. The highest BCUT2D eigenvalue weighted by molar-refractivity contribution is 9.09. The number of hydrogen-bond acceptors (Lipinski definition) is 3. The SMILES string of the molecule is COCC(CCBr)NS(=O)(=O)N1CCCC(C)C1. The van der Waals surface area contributed by atoms with Crippen molar-refractivity contribution in [3.8, 4) is 0 Å². The lowest BCUT2D eigenvalue weighted by molar-refractivity contribution is 0.171. The van der Waals surface area contributed by atoms with Gasteiger partial charge in [0.15, 0.2) is 0 Å². The van der Waals surface area contributed by atoms with Crippen LogP contribution in [0, 0.1) is 5.92 Å². The highest BCUT2D eigenvalue weighted by Crippen LogP contribution is 2.18. The first-order valence-electron chi connectivity index (χ1n) is 6.32. The van der Waals surface area contributed by atoms with E-state index in [0.717, 1.165) is 24.6 Å². The van der Waals surface area contributed by atoms with Gasteiger partial charge in [-0.15, -0.1) is 0 Å². The van der Waals surface area contributed by atoms with E-state index in [1.807, 2.05) is 0 Å². The molecule has 0 aromatic heterocycles. The molecule has 0 saturated carbocycles. The van der Waals surface area contributed by atoms with Gasteiger partial charge in [0.05, 0.1) is 6.61 Å². The van der Waals surface area contributed by atoms with Crippen LogP contribution in [0.5, 0.6) is 0 Å². The molecule has 1 heterocycles. The number of nitrogens with zero attached hydrogens (tertiary/aromatic N) is 1. The molecule has 1 fully saturated rings. The lowest BCUT2D eigenvalue weighted by atomic mass is 10.0. The largest absolute Gasteiger partial charge is 0.383 e. The number of halogens is 1. The molecule has 0 radical (unpaired) electrons. The van der Waals surface area contributed by atoms with E-state index in [4.69, 9.17) is 4.74 Å². The van der Waals surface area contributed by atoms with Gasteiger partial charge in [0, 0.05) is 31.6 Å². The van der Waals surface area contributed by atoms with E-state index in [2.05, 4.69) is 27.6 Å². The van der Waals surface area contributed by atoms with Crippen molar-refractivity contribution in [1.29, 1.82) is 0 Å². The zero-order chi connectivity index (χ0) is 13.6. The second-order valence-corrected chi connectivity index (χ2v) is 7.35. The Balaban J connectivity index is 2.60. The molecular weight excluding hydrogens is 320 g/mol. The van der Waals surface area contributed by atoms with E-state index in [0.29, 0.717) is 25.6 Å². The normalized spacial score (nSPS) is 24.1. The molecule has 108 valence electrons. The highest BCUT2D eigenvalue weighted by Gasteiger charge is 2.28. The minimum absolute atomic E-state index is 0.170. The molecule has 1 aliphatic heterocycles. The van der Waals surface area contributed by atoms with E-state index in [-0.39, 0.29) is 6.04 Å². The number of ether oxygens (including phenoxy) is 1. The maximum atomic E-state index is 12.2. The van der Waals surface area contributed by atoms with Crippen LogP contribution >= 0.6 is 15.9 Å². The summed E-state index contributed by atoms with van der Waals surface area (Å²) in [7, 11) is -1.80. The molecule has 0 aromatic rings. The van der Waals surface area contributed by atoms with Crippen LogP contribution in [0.1, 0.15) is 26.2 Å². The quantitative estimate of drug-likeness (QED) is 0.710. The van der Waals surface area contributed by atoms with Gasteiger partial charge in [-0.25, -0.2) is 0 Å². The topological polar surface area (TPSA) is 58.6 Å². The second-order valence-electron chi connectivity index (χ2n) is 4.86. The molecule has 5 nitrogen and oxygen atoms in total. The average Bonchev–Trinajstić information content (AvgIpc) is 2.29. The molecule has 1 aliphatic rings. The standard InChI is InChI=1S/C11H23BrN2O3S/c1-10-4-3-7-14(8-10)18(15,16)13-11(5-6-12)9-17-2/h10-11,13H,3-9H2,1-2H3. The Bertz CT molecular complexity index is 331. The van der Waals surface area contributed by atoms with Crippen LogP contribution in [-0.2, 0) is 14.9 Å². The zero-order valence-corrected chi connectivity index (χ0v) is 13.5. The van der Waals surface area contributed by atoms with Crippen molar-refractivity contribution < 1.29 is 13.2 Å². The summed E-state index contributed by atoms with van der Waals surface area (Å²) >= 11 is 3.33. The molecule has 1 N–H and O–H groups in total. The fourth-order valence-corrected chi connectivity index (χ4v) is 4.29. The fraction of sp³-hybridized carbons (Fsp3) is 1.00. The Morgan fingerprint density at radius 1 is 1.56 bits per heavy atom. The maximum Gasteiger partial charge on any atom is 0.279 e. The van der Waals surface area contributed by atoms with Gasteiger partial charge in [0.1, 0.15) is 0 Å². The monoisotopic (exact) mass is 342 g/mol. The van der Waals surface area contributed by atoms with Crippen molar-refractivity contribution >= 4 is 26.1 Å². The minimum atomic E-state index is -3.38. The van der Waals surface area contributed by atoms with Gasteiger partial charge >= 0.3 is 0 Å². The lowest BCUT2D eigenvalue weighted by Gasteiger charge is -2.31. The van der Waals surface area contributed by atoms with Crippen LogP contribution in [-0.4, -0.2) is 50.9 Å². The maximum absolute atomic E-state index is 12.2. The van der Waals surface area contributed by atoms with Crippen LogP contribution in [0.25, 0.3) is 0 Å². The Kier molecular flexibility index (Phi) is 7.08. The molecule has 0 aromatic carbocycles. The predicted molar refractivity (Wildman–Crippen MR) is 76.1 cm³/mol. The predicted octanol–water partition coefficient (Wildman–Crippen LogP) is 1.35. The third-order valence-electron chi connectivity index (χ3n) is 3.10. The van der Waals surface area contributed by atoms with Crippen molar-refractivity contribution in [3.05, 3.63) is 0 Å². The summed E-state index contributed by atoms with van der Waals surface area (Å²) in [6.45, 7) is 3.72. The van der Waals surface area contributed by atoms with E-state index < -0.39 is 10.2 Å². The van der Waals surface area contributed by atoms with Crippen LogP contribution in [0.2, 0.25) is 0 Å². The van der Waals surface area contributed by atoms with Gasteiger partial charge in [-0.05, 0) is 25.2 Å². The molecule has 2 atom stereocenters. The minimum Gasteiger partial charge on any atom is -0.383 e. The van der Waals surface area contributed by atoms with E-state index in [1.165, 1.54) is 0 Å². The first kappa shape index (κ1) is 16.4. The molecule has 2 unspecified atom stereocenters. The molecule has 1 rings (SSSR count). The lowest BCUT2D eigenvalue weighted by Crippen LogP contribution is -2.49. The molecule has 0 spiro atoms. The number of piperidine rings is 1. The first-order valence-corrected chi connectivity index (χ1v) is 8.88. The van der Waals surface area contributed by atoms with Gasteiger partial charge in [0.2, 0.25) is 0 Å². The van der Waals surface area contributed by atoms with E-state index in [9.17, 15) is 8.42 Å². The third kappa shape index (κ3) is 5.13. The van der Waals surface area contributed by atoms with Gasteiger partial charge < -0.3 is 4.74 Å². The molecule has 0 aliphatic carbocycles. The second kappa shape index (κ2) is 7.79. The van der Waals surface area contributed by atoms with Crippen molar-refractivity contribution in [2.75, 3.05) is 32.1 Å². The van der Waals surface area contributed by atoms with Gasteiger partial charge in [-0.3, -0.25) is 0 Å². The Morgan fingerprint density at radius 2 is 2.28 bits per heavy atom. The van der Waals surface area contributed by atoms with Crippen molar-refractivity contribution in [2.45, 2.75) is 32.2 Å². The van der Waals surface area contributed by atoms with Crippen LogP contribution in [0.4, 0.5) is 0 Å². The molecule has 18 heavy (non-hydrogen) atoms. The summed E-state index contributed by atoms with van der Waals surface area (Å²) in [6.07, 6.45) is 2.76. The summed E-state index contributed by atoms with van der Waals surface area (Å²) in [5.41, 5.74) is 0. The summed E-state index contributed by atoms with van der Waals surface area (Å²) in [4.78, 5) is 0. The molecule has 0 amide bonds. The van der Waals surface area contributed by atoms with Crippen molar-refractivity contribution in [2.24, 2.45) is 5.92 Å². The van der Waals surface area contributed by atoms with Gasteiger partial charge in [0.25, 0.3) is 10.2 Å². The smallest absolute Gasteiger partial charge is 0.279 e. The molecular formula is C11H23BrN2O3S. The number of nitrogens with one attached hydrogen (secondary N) is 1. The molecule has 0 bridgehead atoms. The Hall–Kier alpha value is 0.310. The molecule has 7 heteroatoms. The summed E-state index contributed by atoms with van der Waals surface area (Å²) in [5, 5.41) is 0.750. The average molecular weight is 343 g/mol. The van der Waals surface area contributed by atoms with Gasteiger partial charge in [-0.2, -0.15) is 17.4 Å². The van der Waals surface area contributed by atoms with Crippen LogP contribution in [0.3, 0.4) is 0 Å². The third-order valence-corrected chi connectivity index (χ3v) is 5.20. The van der Waals surface area contributed by atoms with Crippen LogP contribution in [0.15, 0.2) is 0 Å². The summed E-state index contributed by atoms with van der Waals surface area (Å²) in [5.74, 6) is 0.437. The van der Waals surface area contributed by atoms with Crippen molar-refractivity contribution in [1.82, 2.24) is 9.03 Å². The Morgan fingerprint density at radius 3 is 2.83 bits per heavy atom. The van der Waals surface area contributed by atoms with E-state index >= 15 is 0 Å². The van der Waals surface area contributed by atoms with Gasteiger partial charge in [-0.1, -0.05) is 22.9 Å².